The molecule has 0 fully saturated rings. The molecule has 0 atom stereocenters. The lowest BCUT2D eigenvalue weighted by Crippen LogP contribution is -2.21. The van der Waals surface area contributed by atoms with Crippen molar-refractivity contribution in [3.05, 3.63) is 22.9 Å². The summed E-state index contributed by atoms with van der Waals surface area (Å²) in [5.41, 5.74) is 2.78. The van der Waals surface area contributed by atoms with Crippen LogP contribution in [0.5, 0.6) is 5.88 Å². The van der Waals surface area contributed by atoms with Crippen LogP contribution in [0.15, 0.2) is 6.07 Å². The zero-order chi connectivity index (χ0) is 14.8. The van der Waals surface area contributed by atoms with Gasteiger partial charge in [-0.15, -0.1) is 13.2 Å². The summed E-state index contributed by atoms with van der Waals surface area (Å²) in [4.78, 5) is 14.0. The number of nitrogens with two attached hydrogens (primary N) is 1. The van der Waals surface area contributed by atoms with E-state index in [2.05, 4.69) is 9.72 Å². The number of hydrogen-bond acceptors (Lipinski definition) is 4. The Morgan fingerprint density at radius 3 is 2.42 bits per heavy atom. The molecule has 2 N–H and O–H groups in total. The fourth-order valence-electron chi connectivity index (χ4n) is 1.22. The second-order valence-corrected chi connectivity index (χ2v) is 3.56. The van der Waals surface area contributed by atoms with Crippen LogP contribution < -0.4 is 10.5 Å². The third-order valence-corrected chi connectivity index (χ3v) is 2.12. The van der Waals surface area contributed by atoms with Crippen LogP contribution in [-0.4, -0.2) is 16.6 Å². The Bertz CT molecular complexity index is 492. The number of pyridine rings is 1. The van der Waals surface area contributed by atoms with Crippen LogP contribution in [0.25, 0.3) is 0 Å². The molecule has 106 valence electrons. The Balaban J connectivity index is 3.40. The molecule has 1 rings (SSSR count). The number of halogens is 6. The van der Waals surface area contributed by atoms with Crippen molar-refractivity contribution in [3.63, 3.8) is 0 Å². The molecule has 0 aliphatic heterocycles. The fraction of sp³-hybridized carbons (Fsp3) is 0.333. The highest BCUT2D eigenvalue weighted by Gasteiger charge is 2.34. The van der Waals surface area contributed by atoms with E-state index in [0.717, 1.165) is 0 Å². The predicted molar refractivity (Wildman–Crippen MR) is 54.0 cm³/mol. The molecular formula is C9H6ClF5N2O2. The Labute approximate surface area is 108 Å². The van der Waals surface area contributed by atoms with Crippen LogP contribution in [0.1, 0.15) is 28.0 Å². The van der Waals surface area contributed by atoms with E-state index >= 15 is 0 Å². The molecule has 1 aromatic rings. The van der Waals surface area contributed by atoms with Crippen molar-refractivity contribution in [2.45, 2.75) is 19.3 Å². The molecule has 0 saturated carbocycles. The summed E-state index contributed by atoms with van der Waals surface area (Å²) in [5.74, 6) is -1.08. The first-order valence-electron chi connectivity index (χ1n) is 4.63. The molecule has 19 heavy (non-hydrogen) atoms. The first-order chi connectivity index (χ1) is 8.65. The van der Waals surface area contributed by atoms with Gasteiger partial charge in [0.25, 0.3) is 11.7 Å². The Hall–Kier alpha value is -1.48. The van der Waals surface area contributed by atoms with Gasteiger partial charge in [-0.2, -0.15) is 0 Å². The van der Waals surface area contributed by atoms with Crippen molar-refractivity contribution < 1.29 is 31.5 Å². The molecule has 0 aliphatic carbocycles. The summed E-state index contributed by atoms with van der Waals surface area (Å²) < 4.78 is 65.0. The van der Waals surface area contributed by atoms with Gasteiger partial charge in [-0.25, -0.2) is 13.8 Å². The van der Waals surface area contributed by atoms with E-state index in [-0.39, 0.29) is 0 Å². The molecule has 10 heteroatoms. The summed E-state index contributed by atoms with van der Waals surface area (Å²) in [6.07, 6.45) is -8.24. The van der Waals surface area contributed by atoms with Gasteiger partial charge in [0, 0.05) is 17.7 Å². The molecule has 0 radical (unpaired) electrons. The molecule has 0 aliphatic rings. The number of ether oxygens (including phenoxy) is 1. The Morgan fingerprint density at radius 1 is 1.47 bits per heavy atom. The van der Waals surface area contributed by atoms with Gasteiger partial charge in [-0.1, -0.05) is 0 Å². The monoisotopic (exact) mass is 304 g/mol. The molecule has 1 heterocycles. The van der Waals surface area contributed by atoms with Crippen molar-refractivity contribution in [2.24, 2.45) is 5.73 Å². The van der Waals surface area contributed by atoms with E-state index in [1.165, 1.54) is 0 Å². The lowest BCUT2D eigenvalue weighted by molar-refractivity contribution is -0.276. The predicted octanol–water partition coefficient (Wildman–Crippen LogP) is 2.76. The van der Waals surface area contributed by atoms with Crippen molar-refractivity contribution in [3.8, 4) is 5.88 Å². The second-order valence-electron chi connectivity index (χ2n) is 3.22. The highest BCUT2D eigenvalue weighted by atomic mass is 35.5. The van der Waals surface area contributed by atoms with Gasteiger partial charge in [0.05, 0.1) is 0 Å². The zero-order valence-corrected chi connectivity index (χ0v) is 9.73. The third-order valence-electron chi connectivity index (χ3n) is 1.94. The summed E-state index contributed by atoms with van der Waals surface area (Å²) in [6, 6.07) is 0.606. The molecule has 1 aromatic heterocycles. The number of rotatable bonds is 4. The molecule has 0 amide bonds. The first kappa shape index (κ1) is 15.6. The molecule has 0 aromatic carbocycles. The number of nitrogens with zero attached hydrogens (tertiary/aromatic N) is 1. The van der Waals surface area contributed by atoms with E-state index < -0.39 is 47.3 Å². The fourth-order valence-corrected chi connectivity index (χ4v) is 1.38. The number of hydrogen-bond donors (Lipinski definition) is 1. The van der Waals surface area contributed by atoms with Crippen LogP contribution in [0.3, 0.4) is 0 Å². The van der Waals surface area contributed by atoms with Gasteiger partial charge in [0.15, 0.2) is 0 Å². The van der Waals surface area contributed by atoms with E-state index in [4.69, 9.17) is 17.3 Å². The highest BCUT2D eigenvalue weighted by Crippen LogP contribution is 2.31. The maximum atomic E-state index is 12.6. The van der Waals surface area contributed by atoms with E-state index in [1.807, 2.05) is 0 Å². The second kappa shape index (κ2) is 5.66. The van der Waals surface area contributed by atoms with Crippen molar-refractivity contribution in [1.29, 1.82) is 0 Å². The lowest BCUT2D eigenvalue weighted by Gasteiger charge is -2.14. The van der Waals surface area contributed by atoms with Crippen molar-refractivity contribution >= 4 is 16.8 Å². The van der Waals surface area contributed by atoms with Gasteiger partial charge in [-0.05, 0) is 17.7 Å². The van der Waals surface area contributed by atoms with Crippen LogP contribution in [0.4, 0.5) is 22.0 Å². The number of carbonyl (C=O) groups excluding carboxylic acids is 1. The van der Waals surface area contributed by atoms with Crippen LogP contribution in [0.2, 0.25) is 0 Å². The van der Waals surface area contributed by atoms with Gasteiger partial charge in [-0.3, -0.25) is 4.79 Å². The summed E-state index contributed by atoms with van der Waals surface area (Å²) in [6.45, 7) is -0.533. The maximum absolute atomic E-state index is 12.6. The molecular weight excluding hydrogens is 299 g/mol. The minimum absolute atomic E-state index is 0.422. The third kappa shape index (κ3) is 4.00. The van der Waals surface area contributed by atoms with E-state index in [1.54, 1.807) is 0 Å². The number of alkyl halides is 5. The minimum Gasteiger partial charge on any atom is -0.388 e. The van der Waals surface area contributed by atoms with Gasteiger partial charge >= 0.3 is 6.36 Å². The molecule has 0 unspecified atom stereocenters. The number of carbonyl (C=O) groups is 1. The van der Waals surface area contributed by atoms with E-state index in [9.17, 15) is 26.7 Å². The average molecular weight is 305 g/mol. The Kier molecular flexibility index (Phi) is 4.64. The van der Waals surface area contributed by atoms with Crippen molar-refractivity contribution in [1.82, 2.24) is 4.98 Å². The SMILES string of the molecule is NCc1cc(C(F)F)c(C(=O)Cl)nc1OC(F)(F)F. The average Bonchev–Trinajstić information content (AvgIpc) is 2.25. The summed E-state index contributed by atoms with van der Waals surface area (Å²) in [7, 11) is 0. The molecule has 4 nitrogen and oxygen atoms in total. The summed E-state index contributed by atoms with van der Waals surface area (Å²) >= 11 is 4.99. The van der Waals surface area contributed by atoms with Crippen LogP contribution in [-0.2, 0) is 6.54 Å². The summed E-state index contributed by atoms with van der Waals surface area (Å²) in [5, 5.41) is -1.43. The molecule has 0 saturated heterocycles. The van der Waals surface area contributed by atoms with Crippen molar-refractivity contribution in [2.75, 3.05) is 0 Å². The lowest BCUT2D eigenvalue weighted by atomic mass is 10.1. The van der Waals surface area contributed by atoms with Gasteiger partial charge < -0.3 is 10.5 Å². The zero-order valence-electron chi connectivity index (χ0n) is 8.97. The largest absolute Gasteiger partial charge is 0.574 e. The topological polar surface area (TPSA) is 65.2 Å². The molecule has 0 bridgehead atoms. The number of aromatic nitrogens is 1. The van der Waals surface area contributed by atoms with E-state index in [0.29, 0.717) is 6.07 Å². The van der Waals surface area contributed by atoms with Gasteiger partial charge in [0.1, 0.15) is 5.69 Å². The smallest absolute Gasteiger partial charge is 0.388 e. The highest BCUT2D eigenvalue weighted by molar-refractivity contribution is 6.67. The minimum atomic E-state index is -5.10. The van der Waals surface area contributed by atoms with Crippen LogP contribution >= 0.6 is 11.6 Å². The quantitative estimate of drug-likeness (QED) is 0.686. The van der Waals surface area contributed by atoms with Crippen LogP contribution in [0, 0.1) is 0 Å². The Morgan fingerprint density at radius 2 is 2.05 bits per heavy atom. The van der Waals surface area contributed by atoms with Gasteiger partial charge in [0.2, 0.25) is 5.88 Å². The maximum Gasteiger partial charge on any atom is 0.574 e. The first-order valence-corrected chi connectivity index (χ1v) is 5.01. The normalized spacial score (nSPS) is 11.8. The molecule has 0 spiro atoms. The standard InChI is InChI=1S/C9H6ClF5N2O2/c10-6(18)5-4(7(11)12)1-3(2-16)8(17-5)19-9(13,14)15/h1,7H,2,16H2.